The first-order valence-corrected chi connectivity index (χ1v) is 11.4. The molecule has 0 aliphatic carbocycles. The maximum Gasteiger partial charge on any atom is 0.256 e. The van der Waals surface area contributed by atoms with Crippen LogP contribution in [0.15, 0.2) is 36.5 Å². The molecule has 0 spiro atoms. The van der Waals surface area contributed by atoms with Crippen molar-refractivity contribution in [3.05, 3.63) is 64.6 Å². The molecule has 0 bridgehead atoms. The van der Waals surface area contributed by atoms with Crippen molar-refractivity contribution in [1.29, 1.82) is 0 Å². The number of aromatic amines is 1. The molecule has 8 heteroatoms. The molecule has 34 heavy (non-hydrogen) atoms. The highest BCUT2D eigenvalue weighted by Gasteiger charge is 2.29. The van der Waals surface area contributed by atoms with Gasteiger partial charge in [0.05, 0.1) is 11.1 Å². The first-order valence-electron chi connectivity index (χ1n) is 11.4. The molecule has 0 saturated carbocycles. The van der Waals surface area contributed by atoms with Gasteiger partial charge in [-0.1, -0.05) is 12.1 Å². The Morgan fingerprint density at radius 1 is 1.12 bits per heavy atom. The number of rotatable bonds is 3. The Bertz CT molecular complexity index is 1310. The number of anilines is 2. The van der Waals surface area contributed by atoms with Gasteiger partial charge in [0.15, 0.2) is 0 Å². The van der Waals surface area contributed by atoms with Crippen molar-refractivity contribution >= 4 is 35.0 Å². The number of H-pyrrole nitrogens is 1. The van der Waals surface area contributed by atoms with E-state index in [1.807, 2.05) is 49.1 Å². The van der Waals surface area contributed by atoms with Crippen LogP contribution in [0.5, 0.6) is 0 Å². The molecule has 4 N–H and O–H groups in total. The molecule has 174 valence electrons. The predicted molar refractivity (Wildman–Crippen MR) is 134 cm³/mol. The summed E-state index contributed by atoms with van der Waals surface area (Å²) in [6.45, 7) is 7.00. The highest BCUT2D eigenvalue weighted by Crippen LogP contribution is 2.40. The van der Waals surface area contributed by atoms with Crippen LogP contribution in [0, 0.1) is 13.8 Å². The van der Waals surface area contributed by atoms with Crippen molar-refractivity contribution in [3.63, 3.8) is 0 Å². The third kappa shape index (κ3) is 3.76. The lowest BCUT2D eigenvalue weighted by Crippen LogP contribution is -2.47. The highest BCUT2D eigenvalue weighted by molar-refractivity contribution is 6.36. The van der Waals surface area contributed by atoms with Crippen LogP contribution in [0.3, 0.4) is 0 Å². The minimum absolute atomic E-state index is 0.0360. The smallest absolute Gasteiger partial charge is 0.256 e. The SMILES string of the molecule is Cc1[nH]c(/C=C2\C(=O)Nc3cccc(-c4ccc(N)nc4)c32)c(C)c1C(=O)N1CCN(C)CC1. The lowest BCUT2D eigenvalue weighted by atomic mass is 9.95. The standard InChI is InChI=1S/C26H28N6O2/c1-15-21(29-16(2)23(15)26(34)32-11-9-31(3)10-12-32)13-19-24-18(17-7-8-22(27)28-14-17)5-4-6-20(24)30-25(19)33/h4-8,13-14,29H,9-12H2,1-3H3,(H2,27,28)(H,30,33)/b19-13-. The first kappa shape index (κ1) is 21.9. The fourth-order valence-electron chi connectivity index (χ4n) is 4.74. The number of aromatic nitrogens is 2. The molecule has 1 aromatic carbocycles. The van der Waals surface area contributed by atoms with E-state index in [4.69, 9.17) is 5.73 Å². The van der Waals surface area contributed by atoms with Gasteiger partial charge >= 0.3 is 0 Å². The molecule has 1 fully saturated rings. The zero-order valence-corrected chi connectivity index (χ0v) is 19.6. The van der Waals surface area contributed by atoms with Crippen LogP contribution < -0.4 is 11.1 Å². The maximum absolute atomic E-state index is 13.3. The van der Waals surface area contributed by atoms with Crippen molar-refractivity contribution in [2.24, 2.45) is 0 Å². The number of benzene rings is 1. The molecule has 5 rings (SSSR count). The summed E-state index contributed by atoms with van der Waals surface area (Å²) in [4.78, 5) is 38.0. The van der Waals surface area contributed by atoms with Gasteiger partial charge in [0.2, 0.25) is 0 Å². The molecule has 1 saturated heterocycles. The number of piperazine rings is 1. The first-order chi connectivity index (χ1) is 16.3. The second-order valence-electron chi connectivity index (χ2n) is 8.97. The number of aryl methyl sites for hydroxylation is 1. The topological polar surface area (TPSA) is 107 Å². The van der Waals surface area contributed by atoms with E-state index in [9.17, 15) is 9.59 Å². The minimum atomic E-state index is -0.176. The van der Waals surface area contributed by atoms with Crippen molar-refractivity contribution < 1.29 is 9.59 Å². The Hall–Kier alpha value is -3.91. The van der Waals surface area contributed by atoms with Crippen molar-refractivity contribution in [1.82, 2.24) is 19.8 Å². The van der Waals surface area contributed by atoms with Crippen LogP contribution in [0.1, 0.15) is 32.9 Å². The Morgan fingerprint density at radius 2 is 1.88 bits per heavy atom. The fraction of sp³-hybridized carbons (Fsp3) is 0.269. The molecular weight excluding hydrogens is 428 g/mol. The third-order valence-corrected chi connectivity index (χ3v) is 6.69. The molecule has 0 radical (unpaired) electrons. The number of nitrogens with one attached hydrogen (secondary N) is 2. The molecule has 2 aromatic heterocycles. The molecule has 2 amide bonds. The number of nitrogens with two attached hydrogens (primary N) is 1. The Labute approximate surface area is 198 Å². The molecule has 0 unspecified atom stereocenters. The predicted octanol–water partition coefficient (Wildman–Crippen LogP) is 3.16. The molecule has 2 aliphatic heterocycles. The summed E-state index contributed by atoms with van der Waals surface area (Å²) < 4.78 is 0. The van der Waals surface area contributed by atoms with E-state index in [0.29, 0.717) is 30.0 Å². The maximum atomic E-state index is 13.3. The van der Waals surface area contributed by atoms with E-state index in [0.717, 1.165) is 52.4 Å². The van der Waals surface area contributed by atoms with Crippen LogP contribution in [-0.4, -0.2) is 64.8 Å². The average molecular weight is 457 g/mol. The monoisotopic (exact) mass is 456 g/mol. The van der Waals surface area contributed by atoms with Crippen molar-refractivity contribution in [2.75, 3.05) is 44.3 Å². The zero-order chi connectivity index (χ0) is 24.0. The van der Waals surface area contributed by atoms with Crippen molar-refractivity contribution in [2.45, 2.75) is 13.8 Å². The lowest BCUT2D eigenvalue weighted by Gasteiger charge is -2.32. The number of carbonyl (C=O) groups is 2. The van der Waals surface area contributed by atoms with E-state index in [2.05, 4.69) is 27.2 Å². The number of nitrogen functional groups attached to an aromatic ring is 1. The van der Waals surface area contributed by atoms with Crippen molar-refractivity contribution in [3.8, 4) is 11.1 Å². The van der Waals surface area contributed by atoms with Gasteiger partial charge in [0.25, 0.3) is 11.8 Å². The van der Waals surface area contributed by atoms with E-state index in [1.165, 1.54) is 0 Å². The van der Waals surface area contributed by atoms with E-state index < -0.39 is 0 Å². The second kappa shape index (κ2) is 8.46. The van der Waals surface area contributed by atoms with Gasteiger partial charge in [-0.25, -0.2) is 4.98 Å². The number of amides is 2. The number of pyridine rings is 1. The molecule has 2 aliphatic rings. The van der Waals surface area contributed by atoms with E-state index >= 15 is 0 Å². The van der Waals surface area contributed by atoms with Gasteiger partial charge in [-0.05, 0) is 56.3 Å². The molecule has 3 aromatic rings. The Morgan fingerprint density at radius 3 is 2.59 bits per heavy atom. The van der Waals surface area contributed by atoms with E-state index in [1.54, 1.807) is 12.3 Å². The molecule has 4 heterocycles. The van der Waals surface area contributed by atoms with Gasteiger partial charge in [-0.15, -0.1) is 0 Å². The molecule has 8 nitrogen and oxygen atoms in total. The van der Waals surface area contributed by atoms with Crippen LogP contribution in [0.25, 0.3) is 22.8 Å². The fourth-order valence-corrected chi connectivity index (χ4v) is 4.74. The largest absolute Gasteiger partial charge is 0.384 e. The highest BCUT2D eigenvalue weighted by atomic mass is 16.2. The summed E-state index contributed by atoms with van der Waals surface area (Å²) in [5, 5.41) is 2.96. The summed E-state index contributed by atoms with van der Waals surface area (Å²) in [5.41, 5.74) is 12.7. The molecular formula is C26H28N6O2. The van der Waals surface area contributed by atoms with E-state index in [-0.39, 0.29) is 11.8 Å². The van der Waals surface area contributed by atoms with Gasteiger partial charge in [0.1, 0.15) is 5.82 Å². The summed E-state index contributed by atoms with van der Waals surface area (Å²) in [6.07, 6.45) is 3.56. The van der Waals surface area contributed by atoms with Gasteiger partial charge in [-0.3, -0.25) is 9.59 Å². The summed E-state index contributed by atoms with van der Waals surface area (Å²) in [6, 6.07) is 9.41. The van der Waals surface area contributed by atoms with Crippen LogP contribution >= 0.6 is 0 Å². The van der Waals surface area contributed by atoms with Gasteiger partial charge in [0, 0.05) is 60.6 Å². The van der Waals surface area contributed by atoms with Crippen LogP contribution in [0.2, 0.25) is 0 Å². The van der Waals surface area contributed by atoms with Crippen LogP contribution in [0.4, 0.5) is 11.5 Å². The average Bonchev–Trinajstić information content (AvgIpc) is 3.29. The number of nitrogens with zero attached hydrogens (tertiary/aromatic N) is 3. The quantitative estimate of drug-likeness (QED) is 0.525. The Kier molecular flexibility index (Phi) is 5.45. The number of hydrogen-bond acceptors (Lipinski definition) is 5. The number of carbonyl (C=O) groups excluding carboxylic acids is 2. The number of likely N-dealkylation sites (N-methyl/N-ethyl adjacent to an activating group) is 1. The number of hydrogen-bond donors (Lipinski definition) is 3. The normalized spacial score (nSPS) is 17.2. The van der Waals surface area contributed by atoms with Crippen LogP contribution in [-0.2, 0) is 4.79 Å². The molecule has 0 atom stereocenters. The summed E-state index contributed by atoms with van der Waals surface area (Å²) in [7, 11) is 2.07. The third-order valence-electron chi connectivity index (χ3n) is 6.69. The second-order valence-corrected chi connectivity index (χ2v) is 8.97. The summed E-state index contributed by atoms with van der Waals surface area (Å²) in [5.74, 6) is 0.301. The Balaban J connectivity index is 1.55. The lowest BCUT2D eigenvalue weighted by molar-refractivity contribution is -0.110. The number of fused-ring (bicyclic) bond motifs is 1. The minimum Gasteiger partial charge on any atom is -0.384 e. The summed E-state index contributed by atoms with van der Waals surface area (Å²) >= 11 is 0. The van der Waals surface area contributed by atoms with Gasteiger partial charge < -0.3 is 25.8 Å². The van der Waals surface area contributed by atoms with Gasteiger partial charge in [-0.2, -0.15) is 0 Å². The zero-order valence-electron chi connectivity index (χ0n) is 19.6.